The number of ether oxygens (including phenoxy) is 9. The van der Waals surface area contributed by atoms with Gasteiger partial charge in [0.05, 0.1) is 57.3 Å². The zero-order valence-corrected chi connectivity index (χ0v) is 43.1. The maximum absolute atomic E-state index is 12.8. The number of aliphatic carboxylic acids is 2. The maximum Gasteiger partial charge on any atom is 0.364 e. The minimum Gasteiger partial charge on any atom is -0.477 e. The van der Waals surface area contributed by atoms with Crippen LogP contribution in [0.4, 0.5) is 0 Å². The summed E-state index contributed by atoms with van der Waals surface area (Å²) >= 11 is 0. The van der Waals surface area contributed by atoms with Gasteiger partial charge in [0.15, 0.2) is 18.9 Å². The standard InChI is InChI=1S/C44H72N4O32/c1-12(52)45-23-16(56)5-43(41(68)69,79-36(23)27(60)18(58)7-49)72-10-21-29(62)32(65)33(66)40(76-21)77-34-20(9-51)75-39(25(31(34)64)47-14(3)54)78-35-26(48-15(4)55)38(67)74-22(30(35)63)11-73-44(42(70)71)6-17(57)24(46-13(2)53)37(80-44)28(61)19(59)8-50/h16-40,49-51,56-67H,5-11H2,1-4H3,(H,45,52)(H,46,53)(H,47,54)(H,48,55)(H,68,69)(H,70,71)/t16-,17-,18+,19+,20+,21+,22+,23+,24+,25+,26+,27+,28+,29-,30-,31+,32-,33+,34+,35+,36+,37+,38?,39-,40-,43+,44+/m0/s1. The Morgan fingerprint density at radius 3 is 1.31 bits per heavy atom. The summed E-state index contributed by atoms with van der Waals surface area (Å²) in [6.45, 7) is -1.69. The molecular formula is C44H72N4O32. The molecule has 5 aliphatic heterocycles. The van der Waals surface area contributed by atoms with E-state index < -0.39 is 246 Å². The lowest BCUT2D eigenvalue weighted by Crippen LogP contribution is -2.71. The minimum absolute atomic E-state index is 0.798. The number of hydrogen-bond donors (Lipinski definition) is 21. The molecule has 0 spiro atoms. The molecule has 460 valence electrons. The van der Waals surface area contributed by atoms with Gasteiger partial charge in [-0.15, -0.1) is 0 Å². The molecule has 5 saturated heterocycles. The summed E-state index contributed by atoms with van der Waals surface area (Å²) in [5.41, 5.74) is 0. The Kier molecular flexibility index (Phi) is 23.3. The van der Waals surface area contributed by atoms with E-state index in [1.807, 2.05) is 0 Å². The van der Waals surface area contributed by atoms with E-state index in [1.54, 1.807) is 0 Å². The fourth-order valence-electron chi connectivity index (χ4n) is 9.83. The lowest BCUT2D eigenvalue weighted by molar-refractivity contribution is -0.368. The Balaban J connectivity index is 1.38. The van der Waals surface area contributed by atoms with Gasteiger partial charge in [-0.3, -0.25) is 19.2 Å². The summed E-state index contributed by atoms with van der Waals surface area (Å²) in [4.78, 5) is 74.7. The smallest absolute Gasteiger partial charge is 0.364 e. The second-order valence-electron chi connectivity index (χ2n) is 19.8. The first kappa shape index (κ1) is 66.7. The van der Waals surface area contributed by atoms with Crippen molar-refractivity contribution in [3.05, 3.63) is 0 Å². The van der Waals surface area contributed by atoms with Crippen LogP contribution in [0.2, 0.25) is 0 Å². The highest BCUT2D eigenvalue weighted by Gasteiger charge is 2.60. The van der Waals surface area contributed by atoms with Crippen molar-refractivity contribution in [2.75, 3.05) is 33.0 Å². The maximum atomic E-state index is 12.8. The quantitative estimate of drug-likeness (QED) is 0.0452. The van der Waals surface area contributed by atoms with Crippen LogP contribution in [0.15, 0.2) is 0 Å². The predicted octanol–water partition coefficient (Wildman–Crippen LogP) is -12.9. The van der Waals surface area contributed by atoms with Gasteiger partial charge in [0, 0.05) is 40.5 Å². The van der Waals surface area contributed by atoms with Crippen molar-refractivity contribution in [1.82, 2.24) is 21.3 Å². The first-order chi connectivity index (χ1) is 37.4. The van der Waals surface area contributed by atoms with Crippen molar-refractivity contribution < 1.29 is 158 Å². The highest BCUT2D eigenvalue weighted by Crippen LogP contribution is 2.38. The number of carboxylic acid groups (broad SMARTS) is 2. The molecule has 36 nitrogen and oxygen atoms in total. The highest BCUT2D eigenvalue weighted by atomic mass is 16.8. The number of amides is 4. The summed E-state index contributed by atoms with van der Waals surface area (Å²) in [6.07, 6.45) is -45.5. The van der Waals surface area contributed by atoms with Crippen LogP contribution in [0, 0.1) is 0 Å². The number of hydrogen-bond acceptors (Lipinski definition) is 30. The second-order valence-corrected chi connectivity index (χ2v) is 19.8. The van der Waals surface area contributed by atoms with Crippen LogP contribution < -0.4 is 21.3 Å². The van der Waals surface area contributed by atoms with Crippen molar-refractivity contribution in [2.24, 2.45) is 0 Å². The topological polar surface area (TPSA) is 578 Å². The average molecular weight is 1170 g/mol. The first-order valence-corrected chi connectivity index (χ1v) is 24.8. The molecule has 21 N–H and O–H groups in total. The zero-order valence-electron chi connectivity index (χ0n) is 43.1. The molecule has 1 unspecified atom stereocenters. The van der Waals surface area contributed by atoms with Gasteiger partial charge in [0.1, 0.15) is 110 Å². The van der Waals surface area contributed by atoms with Crippen LogP contribution in [0.25, 0.3) is 0 Å². The van der Waals surface area contributed by atoms with Crippen LogP contribution in [-0.4, -0.2) is 320 Å². The van der Waals surface area contributed by atoms with E-state index in [0.717, 1.165) is 27.7 Å². The van der Waals surface area contributed by atoms with Gasteiger partial charge in [0.2, 0.25) is 23.6 Å². The number of rotatable bonds is 23. The Hall–Kier alpha value is -4.14. The number of carbonyl (C=O) groups excluding carboxylic acids is 4. The van der Waals surface area contributed by atoms with E-state index in [9.17, 15) is 116 Å². The highest BCUT2D eigenvalue weighted by molar-refractivity contribution is 5.77. The molecule has 0 aromatic carbocycles. The third-order valence-corrected chi connectivity index (χ3v) is 13.9. The molecule has 80 heavy (non-hydrogen) atoms. The Morgan fingerprint density at radius 1 is 0.500 bits per heavy atom. The molecule has 0 aliphatic carbocycles. The molecule has 27 atom stereocenters. The fraction of sp³-hybridized carbons (Fsp3) is 0.864. The van der Waals surface area contributed by atoms with Crippen molar-refractivity contribution in [3.8, 4) is 0 Å². The lowest BCUT2D eigenvalue weighted by Gasteiger charge is -2.50. The van der Waals surface area contributed by atoms with Crippen molar-refractivity contribution in [3.63, 3.8) is 0 Å². The molecule has 0 aromatic heterocycles. The monoisotopic (exact) mass is 1170 g/mol. The predicted molar refractivity (Wildman–Crippen MR) is 247 cm³/mol. The fourth-order valence-corrected chi connectivity index (χ4v) is 9.83. The molecule has 0 saturated carbocycles. The summed E-state index contributed by atoms with van der Waals surface area (Å²) < 4.78 is 51.2. The van der Waals surface area contributed by atoms with Crippen LogP contribution in [0.3, 0.4) is 0 Å². The van der Waals surface area contributed by atoms with Gasteiger partial charge >= 0.3 is 11.9 Å². The van der Waals surface area contributed by atoms with Crippen LogP contribution >= 0.6 is 0 Å². The van der Waals surface area contributed by atoms with Crippen LogP contribution in [-0.2, 0) is 71.4 Å². The van der Waals surface area contributed by atoms with Gasteiger partial charge < -0.3 is 151 Å². The summed E-state index contributed by atoms with van der Waals surface area (Å²) in [6, 6.07) is -6.90. The Labute approximate surface area is 452 Å². The first-order valence-electron chi connectivity index (χ1n) is 24.8. The summed E-state index contributed by atoms with van der Waals surface area (Å²) in [5, 5.41) is 191. The van der Waals surface area contributed by atoms with E-state index >= 15 is 0 Å². The van der Waals surface area contributed by atoms with Crippen LogP contribution in [0.1, 0.15) is 40.5 Å². The van der Waals surface area contributed by atoms with Gasteiger partial charge in [-0.25, -0.2) is 9.59 Å². The molecule has 4 amide bonds. The van der Waals surface area contributed by atoms with E-state index in [1.165, 1.54) is 0 Å². The van der Waals surface area contributed by atoms with Crippen molar-refractivity contribution in [1.29, 1.82) is 0 Å². The number of carboxylic acids is 2. The van der Waals surface area contributed by atoms with E-state index in [4.69, 9.17) is 42.6 Å². The average Bonchev–Trinajstić information content (AvgIpc) is 3.39. The zero-order chi connectivity index (χ0) is 60.0. The third-order valence-electron chi connectivity index (χ3n) is 13.9. The normalized spacial score (nSPS) is 42.0. The van der Waals surface area contributed by atoms with E-state index in [2.05, 4.69) is 21.3 Å². The second kappa shape index (κ2) is 28.0. The lowest BCUT2D eigenvalue weighted by atomic mass is 9.88. The number of nitrogens with one attached hydrogen (secondary N) is 4. The van der Waals surface area contributed by atoms with Crippen molar-refractivity contribution in [2.45, 2.75) is 205 Å². The van der Waals surface area contributed by atoms with E-state index in [-0.39, 0.29) is 0 Å². The number of carbonyl (C=O) groups is 6. The molecule has 5 aliphatic rings. The van der Waals surface area contributed by atoms with Crippen molar-refractivity contribution >= 4 is 35.6 Å². The molecule has 0 bridgehead atoms. The Morgan fingerprint density at radius 2 is 0.900 bits per heavy atom. The van der Waals surface area contributed by atoms with Crippen LogP contribution in [0.5, 0.6) is 0 Å². The Bertz CT molecular complexity index is 2120. The summed E-state index contributed by atoms with van der Waals surface area (Å²) in [7, 11) is 0. The van der Waals surface area contributed by atoms with E-state index in [0.29, 0.717) is 0 Å². The van der Waals surface area contributed by atoms with Gasteiger partial charge in [-0.1, -0.05) is 0 Å². The molecule has 0 radical (unpaired) electrons. The van der Waals surface area contributed by atoms with Gasteiger partial charge in [-0.05, 0) is 0 Å². The SMILES string of the molecule is CC(=O)N[C@H]1[C@H](O[C@H]2[C@@H](O)[C@@H](CO[C@]3(C(=O)O)C[C@H](O)[C@@H](NC(C)=O)[C@H]([C@H](O)[C@H](O)CO)O3)OC(O)[C@@H]2NC(C)=O)O[C@H](CO)[C@@H](O[C@@H]2O[C@H](CO[C@]3(C(=O)O)C[C@H](O)[C@@H](NC(C)=O)[C@H]([C@H](O)[C@H](O)CO)O3)[C@H](O)[C@H](O)[C@H]2O)[C@@H]1O. The molecular weight excluding hydrogens is 1100 g/mol. The summed E-state index contributed by atoms with van der Waals surface area (Å²) in [5.74, 6) is -13.4. The minimum atomic E-state index is -3.00. The third kappa shape index (κ3) is 15.0. The molecule has 0 aromatic rings. The number of aliphatic hydroxyl groups is 15. The van der Waals surface area contributed by atoms with Gasteiger partial charge in [-0.2, -0.15) is 0 Å². The number of aliphatic hydroxyl groups excluding tert-OH is 15. The largest absolute Gasteiger partial charge is 0.477 e. The molecule has 5 fully saturated rings. The molecule has 5 rings (SSSR count). The molecule has 5 heterocycles. The van der Waals surface area contributed by atoms with Gasteiger partial charge in [0.25, 0.3) is 11.6 Å². The molecule has 36 heteroatoms.